The molecule has 0 spiro atoms. The summed E-state index contributed by atoms with van der Waals surface area (Å²) in [4.78, 5) is 54.9. The number of amides is 2. The van der Waals surface area contributed by atoms with Crippen LogP contribution in [-0.4, -0.2) is 108 Å². The van der Waals surface area contributed by atoms with E-state index in [1.54, 1.807) is 0 Å². The Labute approximate surface area is 326 Å². The SMILES string of the molecule is N#CC1CC(F)(F)CN1C(=O)CNC12CCC(C(=O)OCC34CCC(COC(=O)C56CCC(NCC(=O)N7CCC(F)(F)C7)(CC5)CC6)(CC3)CC4)(CC1)CC2. The second-order valence-corrected chi connectivity index (χ2v) is 19.6. The maximum Gasteiger partial charge on any atom is 0.312 e. The molecule has 9 saturated carbocycles. The molecule has 2 heterocycles. The first-order chi connectivity index (χ1) is 26.5. The number of nitriles is 1. The Morgan fingerprint density at radius 3 is 1.41 bits per heavy atom. The van der Waals surface area contributed by atoms with Gasteiger partial charge in [-0.15, -0.1) is 0 Å². The average Bonchev–Trinajstić information content (AvgIpc) is 3.76. The van der Waals surface area contributed by atoms with Crippen LogP contribution in [0.2, 0.25) is 0 Å². The van der Waals surface area contributed by atoms with Gasteiger partial charge in [-0.2, -0.15) is 5.26 Å². The fourth-order valence-corrected chi connectivity index (χ4v) is 11.9. The van der Waals surface area contributed by atoms with Crippen LogP contribution < -0.4 is 10.6 Å². The van der Waals surface area contributed by atoms with Crippen LogP contribution in [-0.2, 0) is 28.7 Å². The second kappa shape index (κ2) is 14.1. The summed E-state index contributed by atoms with van der Waals surface area (Å²) < 4.78 is 67.3. The number of nitrogens with one attached hydrogen (secondary N) is 2. The molecule has 11 nitrogen and oxygen atoms in total. The molecule has 0 aromatic rings. The van der Waals surface area contributed by atoms with Gasteiger partial charge in [0, 0.05) is 41.3 Å². The summed E-state index contributed by atoms with van der Waals surface area (Å²) in [5.41, 5.74) is -1.70. The number of hydrogen-bond donors (Lipinski definition) is 2. The average molecular weight is 792 g/mol. The first-order valence-electron chi connectivity index (χ1n) is 21.0. The number of fused-ring (bicyclic) bond motifs is 9. The van der Waals surface area contributed by atoms with E-state index in [4.69, 9.17) is 9.47 Å². The summed E-state index contributed by atoms with van der Waals surface area (Å²) in [5.74, 6) is -6.88. The van der Waals surface area contributed by atoms with E-state index in [1.165, 1.54) is 4.90 Å². The standard InChI is InChI=1S/C41H57F4N5O6/c42-40(43)19-20-49(25-40)30(51)23-47-38-13-7-36(8-14-38,9-15-38)32(53)55-27-34-1-4-35(5-2-34,6-3-34)28-56-33(54)37-10-16-39(17-11-37,18-12-37)48-24-31(52)50-26-41(44,45)21-29(50)22-46/h29,47-48H,1-21,23-28H2. The highest BCUT2D eigenvalue weighted by molar-refractivity contribution is 5.80. The molecular formula is C41H57F4N5O6. The van der Waals surface area contributed by atoms with Gasteiger partial charge in [0.25, 0.3) is 11.8 Å². The van der Waals surface area contributed by atoms with Gasteiger partial charge in [0.2, 0.25) is 11.8 Å². The largest absolute Gasteiger partial charge is 0.465 e. The van der Waals surface area contributed by atoms with Gasteiger partial charge in [0.05, 0.1) is 56.3 Å². The lowest BCUT2D eigenvalue weighted by Crippen LogP contribution is -2.59. The minimum atomic E-state index is -3.05. The summed E-state index contributed by atoms with van der Waals surface area (Å²) in [7, 11) is 0. The summed E-state index contributed by atoms with van der Waals surface area (Å²) >= 11 is 0. The monoisotopic (exact) mass is 791 g/mol. The summed E-state index contributed by atoms with van der Waals surface area (Å²) in [6, 6.07) is 0.713. The Kier molecular flexibility index (Phi) is 10.0. The van der Waals surface area contributed by atoms with Crippen LogP contribution in [0, 0.1) is 33.0 Å². The van der Waals surface area contributed by atoms with Crippen LogP contribution in [0.1, 0.15) is 128 Å². The van der Waals surface area contributed by atoms with Crippen molar-refractivity contribution in [3.63, 3.8) is 0 Å². The minimum absolute atomic E-state index is 0.0437. The molecule has 2 aliphatic heterocycles. The van der Waals surface area contributed by atoms with Crippen molar-refractivity contribution in [3.8, 4) is 6.07 Å². The van der Waals surface area contributed by atoms with Crippen molar-refractivity contribution in [3.05, 3.63) is 0 Å². The Bertz CT molecular complexity index is 1580. The smallest absolute Gasteiger partial charge is 0.312 e. The first-order valence-corrected chi connectivity index (χ1v) is 21.0. The van der Waals surface area contributed by atoms with Crippen LogP contribution in [0.15, 0.2) is 0 Å². The summed E-state index contributed by atoms with van der Waals surface area (Å²) in [6.07, 6.45) is 13.1. The molecule has 15 heteroatoms. The molecule has 11 aliphatic rings. The Morgan fingerprint density at radius 1 is 0.589 bits per heavy atom. The zero-order chi connectivity index (χ0) is 39.7. The van der Waals surface area contributed by atoms with Crippen molar-refractivity contribution in [2.24, 2.45) is 21.7 Å². The zero-order valence-corrected chi connectivity index (χ0v) is 32.5. The van der Waals surface area contributed by atoms with Crippen molar-refractivity contribution >= 4 is 23.8 Å². The number of ether oxygens (including phenoxy) is 2. The van der Waals surface area contributed by atoms with E-state index in [-0.39, 0.29) is 65.8 Å². The minimum Gasteiger partial charge on any atom is -0.465 e. The predicted octanol–water partition coefficient (Wildman–Crippen LogP) is 5.41. The number of halogens is 4. The van der Waals surface area contributed by atoms with E-state index in [0.29, 0.717) is 71.0 Å². The van der Waals surface area contributed by atoms with E-state index < -0.39 is 54.1 Å². The number of likely N-dealkylation sites (tertiary alicyclic amines) is 2. The molecule has 2 N–H and O–H groups in total. The molecular weight excluding hydrogens is 734 g/mol. The topological polar surface area (TPSA) is 141 Å². The van der Waals surface area contributed by atoms with Crippen LogP contribution in [0.4, 0.5) is 17.6 Å². The molecule has 11 rings (SSSR count). The number of esters is 2. The van der Waals surface area contributed by atoms with E-state index in [9.17, 15) is 42.0 Å². The number of rotatable bonds is 12. The predicted molar refractivity (Wildman–Crippen MR) is 193 cm³/mol. The van der Waals surface area contributed by atoms with Crippen molar-refractivity contribution in [2.45, 2.75) is 157 Å². The van der Waals surface area contributed by atoms with Crippen molar-refractivity contribution in [1.29, 1.82) is 5.26 Å². The zero-order valence-electron chi connectivity index (χ0n) is 32.5. The maximum absolute atomic E-state index is 13.9. The van der Waals surface area contributed by atoms with Gasteiger partial charge in [-0.3, -0.25) is 19.2 Å². The third-order valence-corrected chi connectivity index (χ3v) is 16.4. The van der Waals surface area contributed by atoms with Crippen LogP contribution in [0.25, 0.3) is 0 Å². The Balaban J connectivity index is 0.749. The van der Waals surface area contributed by atoms with E-state index >= 15 is 0 Å². The van der Waals surface area contributed by atoms with Gasteiger partial charge in [0.15, 0.2) is 0 Å². The molecule has 310 valence electrons. The van der Waals surface area contributed by atoms with Crippen LogP contribution in [0.3, 0.4) is 0 Å². The Morgan fingerprint density at radius 2 is 1.02 bits per heavy atom. The lowest BCUT2D eigenvalue weighted by Gasteiger charge is -2.55. The normalized spacial score (nSPS) is 40.4. The fourth-order valence-electron chi connectivity index (χ4n) is 11.9. The van der Waals surface area contributed by atoms with Crippen LogP contribution >= 0.6 is 0 Å². The number of alkyl halides is 4. The molecule has 1 unspecified atom stereocenters. The molecule has 56 heavy (non-hydrogen) atoms. The molecule has 0 radical (unpaired) electrons. The van der Waals surface area contributed by atoms with Gasteiger partial charge in [-0.05, 0) is 116 Å². The highest BCUT2D eigenvalue weighted by atomic mass is 19.3. The molecule has 0 aromatic carbocycles. The number of carbonyl (C=O) groups is 4. The lowest BCUT2D eigenvalue weighted by molar-refractivity contribution is -0.178. The third-order valence-electron chi connectivity index (χ3n) is 16.4. The van der Waals surface area contributed by atoms with E-state index in [2.05, 4.69) is 10.6 Å². The quantitative estimate of drug-likeness (QED) is 0.196. The highest BCUT2D eigenvalue weighted by Gasteiger charge is 2.57. The maximum atomic E-state index is 13.9. The summed E-state index contributed by atoms with van der Waals surface area (Å²) in [6.45, 7) is -0.398. The Hall–Kier alpha value is -2.99. The van der Waals surface area contributed by atoms with Crippen molar-refractivity contribution in [2.75, 3.05) is 45.9 Å². The number of hydrogen-bond acceptors (Lipinski definition) is 9. The highest BCUT2D eigenvalue weighted by Crippen LogP contribution is 2.59. The molecule has 1 atom stereocenters. The summed E-state index contributed by atoms with van der Waals surface area (Å²) in [5, 5.41) is 16.0. The first kappa shape index (κ1) is 39.8. The van der Waals surface area contributed by atoms with Gasteiger partial charge in [-0.1, -0.05) is 0 Å². The molecule has 6 bridgehead atoms. The third kappa shape index (κ3) is 7.43. The van der Waals surface area contributed by atoms with Crippen molar-refractivity contribution in [1.82, 2.24) is 20.4 Å². The lowest BCUT2D eigenvalue weighted by atomic mass is 9.54. The van der Waals surface area contributed by atoms with Gasteiger partial charge < -0.3 is 29.9 Å². The molecule has 9 aliphatic carbocycles. The van der Waals surface area contributed by atoms with Crippen molar-refractivity contribution < 1.29 is 46.2 Å². The van der Waals surface area contributed by atoms with E-state index in [0.717, 1.165) is 62.7 Å². The second-order valence-electron chi connectivity index (χ2n) is 19.6. The fraction of sp³-hybridized carbons (Fsp3) is 0.878. The molecule has 2 amide bonds. The number of carbonyl (C=O) groups excluding carboxylic acids is 4. The molecule has 11 fully saturated rings. The molecule has 0 aromatic heterocycles. The van der Waals surface area contributed by atoms with Crippen LogP contribution in [0.5, 0.6) is 0 Å². The number of nitrogens with zero attached hydrogens (tertiary/aromatic N) is 3. The van der Waals surface area contributed by atoms with Gasteiger partial charge >= 0.3 is 11.9 Å². The molecule has 2 saturated heterocycles. The van der Waals surface area contributed by atoms with Gasteiger partial charge in [-0.25, -0.2) is 17.6 Å². The van der Waals surface area contributed by atoms with E-state index in [1.807, 2.05) is 6.07 Å². The van der Waals surface area contributed by atoms with Gasteiger partial charge in [0.1, 0.15) is 6.04 Å².